The lowest BCUT2D eigenvalue weighted by Crippen LogP contribution is -2.47. The van der Waals surface area contributed by atoms with Crippen molar-refractivity contribution in [2.24, 2.45) is 0 Å². The Morgan fingerprint density at radius 1 is 0.422 bits per heavy atom. The highest BCUT2D eigenvalue weighted by Gasteiger charge is 2.27. The third-order valence-corrected chi connectivity index (χ3v) is 16.9. The van der Waals surface area contributed by atoms with Crippen molar-refractivity contribution in [2.75, 3.05) is 40.9 Å². The van der Waals surface area contributed by atoms with Crippen molar-refractivity contribution in [2.45, 2.75) is 354 Å². The SMILES string of the molecule is CCCCC/C=C\C/C=C\CCCCCCCCCCCCCCCCCCCC(=O)OC(/C=C\CCCCCCCCCCCCC)C(COP(=O)([O-])OCC[N+](C)(C)C)NC(=O)CCCCCCCCC/C=C\C/C=C\CCCCC. The van der Waals surface area contributed by atoms with E-state index in [1.165, 1.54) is 225 Å². The third kappa shape index (κ3) is 64.0. The highest BCUT2D eigenvalue weighted by atomic mass is 31.2. The summed E-state index contributed by atoms with van der Waals surface area (Å²) in [4.78, 5) is 40.2. The zero-order valence-electron chi connectivity index (χ0n) is 55.7. The molecular formula is C73H137N2O7P. The number of quaternary nitrogens is 1. The first kappa shape index (κ1) is 80.7. The average Bonchev–Trinajstić information content (AvgIpc) is 3.47. The fraction of sp³-hybridized carbons (Fsp3) is 0.836. The van der Waals surface area contributed by atoms with E-state index in [2.05, 4.69) is 74.7 Å². The van der Waals surface area contributed by atoms with Crippen molar-refractivity contribution in [3.05, 3.63) is 60.8 Å². The standard InChI is InChI=1S/C73H137N2O7P/c1-7-10-13-16-19-22-25-28-30-32-33-34-35-36-37-38-39-40-41-43-45-48-51-54-57-60-63-66-73(77)82-71(64-61-58-55-52-49-46-27-24-21-18-15-12-9-3)70(69-81-83(78,79)80-68-67-75(4,5)6)74-72(76)65-62-59-56-53-50-47-44-42-31-29-26-23-20-17-14-11-8-2/h19-20,22-23,28-31,61,64,70-71H,7-18,21,24-27,32-60,62-63,65-69H2,1-6H3,(H-,74,76,78,79)/b22-19-,23-20-,30-28-,31-29-,64-61-. The van der Waals surface area contributed by atoms with Gasteiger partial charge in [-0.3, -0.25) is 14.2 Å². The van der Waals surface area contributed by atoms with Crippen LogP contribution in [-0.4, -0.2) is 69.4 Å². The zero-order valence-corrected chi connectivity index (χ0v) is 56.6. The van der Waals surface area contributed by atoms with E-state index in [0.29, 0.717) is 17.4 Å². The number of hydrogen-bond donors (Lipinski definition) is 1. The number of unbranched alkanes of at least 4 members (excludes halogenated alkanes) is 41. The van der Waals surface area contributed by atoms with Gasteiger partial charge in [-0.1, -0.05) is 294 Å². The molecule has 0 aliphatic rings. The van der Waals surface area contributed by atoms with E-state index in [1.807, 2.05) is 33.3 Å². The van der Waals surface area contributed by atoms with Crippen LogP contribution in [-0.2, 0) is 27.9 Å². The van der Waals surface area contributed by atoms with Crippen LogP contribution in [0.3, 0.4) is 0 Å². The van der Waals surface area contributed by atoms with Gasteiger partial charge in [-0.15, -0.1) is 0 Å². The Bertz CT molecular complexity index is 1600. The van der Waals surface area contributed by atoms with Crippen molar-refractivity contribution < 1.29 is 37.3 Å². The fourth-order valence-corrected chi connectivity index (χ4v) is 11.1. The van der Waals surface area contributed by atoms with Crippen LogP contribution in [0.5, 0.6) is 0 Å². The number of ether oxygens (including phenoxy) is 1. The molecule has 0 heterocycles. The molecule has 10 heteroatoms. The van der Waals surface area contributed by atoms with Gasteiger partial charge in [0.05, 0.1) is 33.8 Å². The first-order valence-corrected chi connectivity index (χ1v) is 37.1. The summed E-state index contributed by atoms with van der Waals surface area (Å²) < 4.78 is 30.4. The lowest BCUT2D eigenvalue weighted by Gasteiger charge is -2.30. The summed E-state index contributed by atoms with van der Waals surface area (Å²) in [5, 5.41) is 3.04. The molecule has 9 nitrogen and oxygen atoms in total. The van der Waals surface area contributed by atoms with Crippen LogP contribution >= 0.6 is 7.82 Å². The van der Waals surface area contributed by atoms with Crippen LogP contribution in [0.2, 0.25) is 0 Å². The molecule has 0 bridgehead atoms. The number of phosphoric ester groups is 1. The largest absolute Gasteiger partial charge is 0.756 e. The minimum Gasteiger partial charge on any atom is -0.756 e. The zero-order chi connectivity index (χ0) is 60.7. The molecule has 0 saturated heterocycles. The molecule has 486 valence electrons. The van der Waals surface area contributed by atoms with Crippen LogP contribution in [0.1, 0.15) is 342 Å². The molecule has 1 amide bonds. The van der Waals surface area contributed by atoms with E-state index >= 15 is 0 Å². The topological polar surface area (TPSA) is 114 Å². The van der Waals surface area contributed by atoms with Gasteiger partial charge in [0.2, 0.25) is 5.91 Å². The third-order valence-electron chi connectivity index (χ3n) is 15.9. The molecule has 0 aromatic carbocycles. The van der Waals surface area contributed by atoms with Crippen LogP contribution in [0, 0.1) is 0 Å². The Morgan fingerprint density at radius 2 is 0.735 bits per heavy atom. The second-order valence-electron chi connectivity index (χ2n) is 25.4. The average molecular weight is 1190 g/mol. The summed E-state index contributed by atoms with van der Waals surface area (Å²) in [6.45, 7) is 6.83. The lowest BCUT2D eigenvalue weighted by atomic mass is 10.0. The minimum absolute atomic E-state index is 0.0235. The van der Waals surface area contributed by atoms with E-state index in [9.17, 15) is 19.0 Å². The van der Waals surface area contributed by atoms with Crippen molar-refractivity contribution in [3.8, 4) is 0 Å². The smallest absolute Gasteiger partial charge is 0.306 e. The first-order valence-electron chi connectivity index (χ1n) is 35.6. The number of allylic oxidation sites excluding steroid dienone is 9. The number of amides is 1. The van der Waals surface area contributed by atoms with Crippen molar-refractivity contribution in [3.63, 3.8) is 0 Å². The highest BCUT2D eigenvalue weighted by Crippen LogP contribution is 2.38. The summed E-state index contributed by atoms with van der Waals surface area (Å²) in [6, 6.07) is -0.893. The number of phosphoric acid groups is 1. The number of nitrogens with one attached hydrogen (secondary N) is 1. The Hall–Kier alpha value is -2.29. The molecule has 0 saturated carbocycles. The molecule has 0 aliphatic carbocycles. The minimum atomic E-state index is -4.71. The number of likely N-dealkylation sites (N-methyl/N-ethyl adjacent to an activating group) is 1. The van der Waals surface area contributed by atoms with Crippen molar-refractivity contribution in [1.29, 1.82) is 0 Å². The fourth-order valence-electron chi connectivity index (χ4n) is 10.4. The van der Waals surface area contributed by atoms with Crippen LogP contribution in [0.15, 0.2) is 60.8 Å². The lowest BCUT2D eigenvalue weighted by molar-refractivity contribution is -0.870. The number of nitrogens with zero attached hydrogens (tertiary/aromatic N) is 1. The molecular weight excluding hydrogens is 1050 g/mol. The molecule has 0 rings (SSSR count). The quantitative estimate of drug-likeness (QED) is 0.0212. The first-order chi connectivity index (χ1) is 40.4. The predicted molar refractivity (Wildman–Crippen MR) is 358 cm³/mol. The summed E-state index contributed by atoms with van der Waals surface area (Å²) in [7, 11) is 1.19. The molecule has 1 N–H and O–H groups in total. The second-order valence-corrected chi connectivity index (χ2v) is 26.8. The van der Waals surface area contributed by atoms with E-state index < -0.39 is 20.0 Å². The van der Waals surface area contributed by atoms with Crippen molar-refractivity contribution >= 4 is 19.7 Å². The molecule has 0 spiro atoms. The van der Waals surface area contributed by atoms with Gasteiger partial charge < -0.3 is 28.5 Å². The van der Waals surface area contributed by atoms with E-state index in [0.717, 1.165) is 83.5 Å². The van der Waals surface area contributed by atoms with Crippen LogP contribution in [0.25, 0.3) is 0 Å². The van der Waals surface area contributed by atoms with Crippen molar-refractivity contribution in [1.82, 2.24) is 5.32 Å². The molecule has 3 atom stereocenters. The summed E-state index contributed by atoms with van der Waals surface area (Å²) >= 11 is 0. The van der Waals surface area contributed by atoms with Gasteiger partial charge in [-0.05, 0) is 96.0 Å². The van der Waals surface area contributed by atoms with Gasteiger partial charge in [0.25, 0.3) is 7.82 Å². The Kier molecular flexibility index (Phi) is 61.0. The number of esters is 1. The molecule has 0 radical (unpaired) electrons. The second kappa shape index (κ2) is 62.8. The number of hydrogen-bond acceptors (Lipinski definition) is 7. The van der Waals surface area contributed by atoms with Gasteiger partial charge >= 0.3 is 5.97 Å². The number of carbonyl (C=O) groups is 2. The monoisotopic (exact) mass is 1190 g/mol. The summed E-state index contributed by atoms with van der Waals surface area (Å²) in [5.41, 5.74) is 0. The molecule has 83 heavy (non-hydrogen) atoms. The van der Waals surface area contributed by atoms with Gasteiger partial charge in [0.1, 0.15) is 19.3 Å². The van der Waals surface area contributed by atoms with Crippen LogP contribution < -0.4 is 10.2 Å². The Balaban J connectivity index is 5.04. The normalized spacial score (nSPS) is 13.9. The van der Waals surface area contributed by atoms with Gasteiger partial charge in [-0.2, -0.15) is 0 Å². The van der Waals surface area contributed by atoms with Gasteiger partial charge in [-0.25, -0.2) is 0 Å². The maximum absolute atomic E-state index is 13.6. The number of rotatable bonds is 65. The van der Waals surface area contributed by atoms with Gasteiger partial charge in [0.15, 0.2) is 0 Å². The van der Waals surface area contributed by atoms with E-state index in [4.69, 9.17) is 13.8 Å². The van der Waals surface area contributed by atoms with Gasteiger partial charge in [0, 0.05) is 12.8 Å². The highest BCUT2D eigenvalue weighted by molar-refractivity contribution is 7.45. The summed E-state index contributed by atoms with van der Waals surface area (Å²) in [5.74, 6) is -0.537. The predicted octanol–water partition coefficient (Wildman–Crippen LogP) is 21.9. The molecule has 0 aromatic rings. The molecule has 3 unspecified atom stereocenters. The maximum Gasteiger partial charge on any atom is 0.306 e. The molecule has 0 aromatic heterocycles. The van der Waals surface area contributed by atoms with Crippen LogP contribution in [0.4, 0.5) is 0 Å². The number of carbonyl (C=O) groups excluding carboxylic acids is 2. The molecule has 0 aliphatic heterocycles. The Labute approximate surface area is 515 Å². The maximum atomic E-state index is 13.6. The Morgan fingerprint density at radius 3 is 1.11 bits per heavy atom. The van der Waals surface area contributed by atoms with E-state index in [1.54, 1.807) is 0 Å². The summed E-state index contributed by atoms with van der Waals surface area (Å²) in [6.07, 6.45) is 80.6. The van der Waals surface area contributed by atoms with E-state index in [-0.39, 0.29) is 31.5 Å². The molecule has 0 fully saturated rings.